The first-order valence-electron chi connectivity index (χ1n) is 5.60. The molecule has 1 heterocycles. The first-order chi connectivity index (χ1) is 8.29. The van der Waals surface area contributed by atoms with Crippen LogP contribution >= 0.6 is 11.6 Å². The zero-order chi connectivity index (χ0) is 12.1. The predicted octanol–water partition coefficient (Wildman–Crippen LogP) is 1.25. The first kappa shape index (κ1) is 12.3. The molecule has 1 aliphatic carbocycles. The van der Waals surface area contributed by atoms with E-state index in [4.69, 9.17) is 22.2 Å². The molecule has 1 saturated carbocycles. The van der Waals surface area contributed by atoms with Gasteiger partial charge in [0.25, 0.3) is 0 Å². The van der Waals surface area contributed by atoms with E-state index in [1.165, 1.54) is 19.0 Å². The zero-order valence-corrected chi connectivity index (χ0v) is 10.2. The molecule has 0 amide bonds. The second kappa shape index (κ2) is 6.00. The highest BCUT2D eigenvalue weighted by atomic mass is 35.5. The number of nitrogens with zero attached hydrogens (tertiary/aromatic N) is 2. The lowest BCUT2D eigenvalue weighted by molar-refractivity contribution is 0.134. The van der Waals surface area contributed by atoms with Crippen LogP contribution in [0.4, 0.5) is 11.8 Å². The summed E-state index contributed by atoms with van der Waals surface area (Å²) in [4.78, 5) is 7.97. The van der Waals surface area contributed by atoms with Crippen molar-refractivity contribution in [1.82, 2.24) is 9.97 Å². The summed E-state index contributed by atoms with van der Waals surface area (Å²) >= 11 is 5.93. The molecule has 0 saturated heterocycles. The molecule has 2 rings (SSSR count). The minimum Gasteiger partial charge on any atom is -0.379 e. The Balaban J connectivity index is 1.72. The van der Waals surface area contributed by atoms with Crippen LogP contribution in [0.15, 0.2) is 6.20 Å². The Morgan fingerprint density at radius 2 is 2.35 bits per heavy atom. The predicted molar refractivity (Wildman–Crippen MR) is 66.9 cm³/mol. The van der Waals surface area contributed by atoms with Crippen LogP contribution in [0.2, 0.25) is 5.02 Å². The average molecular weight is 258 g/mol. The maximum atomic E-state index is 5.93. The number of nitrogens with two attached hydrogens (primary N) is 1. The first-order valence-corrected chi connectivity index (χ1v) is 5.98. The summed E-state index contributed by atoms with van der Waals surface area (Å²) in [5.41, 5.74) is 2.37. The van der Waals surface area contributed by atoms with Crippen LogP contribution in [0, 0.1) is 5.92 Å². The van der Waals surface area contributed by atoms with E-state index < -0.39 is 0 Å². The maximum absolute atomic E-state index is 5.93. The molecule has 0 atom stereocenters. The van der Waals surface area contributed by atoms with Gasteiger partial charge in [0.15, 0.2) is 5.82 Å². The number of aromatic nitrogens is 2. The molecule has 6 nitrogen and oxygen atoms in total. The fraction of sp³-hybridized carbons (Fsp3) is 0.600. The van der Waals surface area contributed by atoms with Gasteiger partial charge >= 0.3 is 0 Å². The standard InChI is InChI=1S/C10H16ClN5O/c11-8-5-14-10(16-12)15-9(8)13-3-4-17-6-7-1-2-7/h5,7H,1-4,6,12H2,(H2,13,14,15,16). The van der Waals surface area contributed by atoms with Crippen molar-refractivity contribution in [3.05, 3.63) is 11.2 Å². The van der Waals surface area contributed by atoms with Crippen LogP contribution in [-0.2, 0) is 4.74 Å². The van der Waals surface area contributed by atoms with Crippen molar-refractivity contribution in [3.63, 3.8) is 0 Å². The molecule has 7 heteroatoms. The molecule has 0 unspecified atom stereocenters. The molecule has 1 fully saturated rings. The van der Waals surface area contributed by atoms with Crippen molar-refractivity contribution < 1.29 is 4.74 Å². The summed E-state index contributed by atoms with van der Waals surface area (Å²) in [5, 5.41) is 3.54. The molecular weight excluding hydrogens is 242 g/mol. The summed E-state index contributed by atoms with van der Waals surface area (Å²) in [6, 6.07) is 0. The molecule has 1 aliphatic rings. The van der Waals surface area contributed by atoms with Crippen molar-refractivity contribution in [2.24, 2.45) is 11.8 Å². The molecule has 1 aromatic rings. The van der Waals surface area contributed by atoms with Crippen molar-refractivity contribution >= 4 is 23.4 Å². The second-order valence-electron chi connectivity index (χ2n) is 3.98. The topological polar surface area (TPSA) is 85.1 Å². The SMILES string of the molecule is NNc1ncc(Cl)c(NCCOCC2CC2)n1. The number of hydrogen-bond donors (Lipinski definition) is 3. The largest absolute Gasteiger partial charge is 0.379 e. The molecular formula is C10H16ClN5O. The maximum Gasteiger partial charge on any atom is 0.239 e. The van der Waals surface area contributed by atoms with E-state index in [9.17, 15) is 0 Å². The fourth-order valence-electron chi connectivity index (χ4n) is 1.34. The quantitative estimate of drug-likeness (QED) is 0.387. The van der Waals surface area contributed by atoms with Gasteiger partial charge in [0.05, 0.1) is 12.8 Å². The summed E-state index contributed by atoms with van der Waals surface area (Å²) < 4.78 is 5.49. The van der Waals surface area contributed by atoms with Gasteiger partial charge in [0.2, 0.25) is 5.95 Å². The van der Waals surface area contributed by atoms with E-state index in [2.05, 4.69) is 20.7 Å². The number of halogens is 1. The van der Waals surface area contributed by atoms with Crippen LogP contribution in [0.5, 0.6) is 0 Å². The number of ether oxygens (including phenoxy) is 1. The molecule has 0 bridgehead atoms. The van der Waals surface area contributed by atoms with E-state index in [1.807, 2.05) is 0 Å². The van der Waals surface area contributed by atoms with Crippen molar-refractivity contribution in [2.45, 2.75) is 12.8 Å². The van der Waals surface area contributed by atoms with Crippen LogP contribution in [0.1, 0.15) is 12.8 Å². The molecule has 0 radical (unpaired) electrons. The van der Waals surface area contributed by atoms with E-state index in [-0.39, 0.29) is 0 Å². The number of anilines is 2. The Morgan fingerprint density at radius 3 is 3.06 bits per heavy atom. The van der Waals surface area contributed by atoms with E-state index in [0.29, 0.717) is 29.9 Å². The average Bonchev–Trinajstić information content (AvgIpc) is 3.15. The van der Waals surface area contributed by atoms with Gasteiger partial charge in [-0.05, 0) is 18.8 Å². The van der Waals surface area contributed by atoms with Gasteiger partial charge in [-0.1, -0.05) is 11.6 Å². The smallest absolute Gasteiger partial charge is 0.239 e. The third kappa shape index (κ3) is 3.99. The van der Waals surface area contributed by atoms with Gasteiger partial charge in [0.1, 0.15) is 5.02 Å². The van der Waals surface area contributed by atoms with E-state index >= 15 is 0 Å². The molecule has 4 N–H and O–H groups in total. The molecule has 0 aliphatic heterocycles. The van der Waals surface area contributed by atoms with Crippen LogP contribution in [0.3, 0.4) is 0 Å². The summed E-state index contributed by atoms with van der Waals surface area (Å²) in [7, 11) is 0. The number of hydrogen-bond acceptors (Lipinski definition) is 6. The van der Waals surface area contributed by atoms with Gasteiger partial charge in [-0.2, -0.15) is 4.98 Å². The molecule has 17 heavy (non-hydrogen) atoms. The number of rotatable bonds is 7. The van der Waals surface area contributed by atoms with Crippen LogP contribution in [0.25, 0.3) is 0 Å². The fourth-order valence-corrected chi connectivity index (χ4v) is 1.49. The Kier molecular flexibility index (Phi) is 4.36. The van der Waals surface area contributed by atoms with Crippen molar-refractivity contribution in [1.29, 1.82) is 0 Å². The normalized spacial score (nSPS) is 14.7. The third-order valence-corrected chi connectivity index (χ3v) is 2.74. The van der Waals surface area contributed by atoms with E-state index in [0.717, 1.165) is 12.5 Å². The van der Waals surface area contributed by atoms with E-state index in [1.54, 1.807) is 0 Å². The van der Waals surface area contributed by atoms with Gasteiger partial charge in [0, 0.05) is 13.2 Å². The minimum absolute atomic E-state index is 0.329. The van der Waals surface area contributed by atoms with Gasteiger partial charge < -0.3 is 10.1 Å². The lowest BCUT2D eigenvalue weighted by Crippen LogP contribution is -2.14. The highest BCUT2D eigenvalue weighted by Gasteiger charge is 2.20. The van der Waals surface area contributed by atoms with Crippen molar-refractivity contribution in [3.8, 4) is 0 Å². The minimum atomic E-state index is 0.329. The number of nitrogen functional groups attached to an aromatic ring is 1. The van der Waals surface area contributed by atoms with Crippen LogP contribution < -0.4 is 16.6 Å². The summed E-state index contributed by atoms with van der Waals surface area (Å²) in [6.07, 6.45) is 4.10. The zero-order valence-electron chi connectivity index (χ0n) is 9.45. The van der Waals surface area contributed by atoms with Gasteiger partial charge in [-0.15, -0.1) is 0 Å². The Morgan fingerprint density at radius 1 is 1.53 bits per heavy atom. The Labute approximate surface area is 105 Å². The Bertz CT molecular complexity index is 372. The van der Waals surface area contributed by atoms with Gasteiger partial charge in [-0.3, -0.25) is 5.43 Å². The monoisotopic (exact) mass is 257 g/mol. The van der Waals surface area contributed by atoms with Crippen LogP contribution in [-0.4, -0.2) is 29.7 Å². The Hall–Kier alpha value is -1.11. The second-order valence-corrected chi connectivity index (χ2v) is 4.39. The molecule has 94 valence electrons. The number of nitrogens with one attached hydrogen (secondary N) is 2. The lowest BCUT2D eigenvalue weighted by atomic mass is 10.5. The third-order valence-electron chi connectivity index (χ3n) is 2.46. The molecule has 0 spiro atoms. The lowest BCUT2D eigenvalue weighted by Gasteiger charge is -2.08. The molecule has 1 aromatic heterocycles. The van der Waals surface area contributed by atoms with Gasteiger partial charge in [-0.25, -0.2) is 10.8 Å². The molecule has 0 aromatic carbocycles. The number of hydrazine groups is 1. The summed E-state index contributed by atoms with van der Waals surface area (Å²) in [5.74, 6) is 6.89. The highest BCUT2D eigenvalue weighted by molar-refractivity contribution is 6.32. The summed E-state index contributed by atoms with van der Waals surface area (Å²) in [6.45, 7) is 2.16. The highest BCUT2D eigenvalue weighted by Crippen LogP contribution is 2.28. The van der Waals surface area contributed by atoms with Crippen molar-refractivity contribution in [2.75, 3.05) is 30.5 Å².